The van der Waals surface area contributed by atoms with Gasteiger partial charge < -0.3 is 4.57 Å². The van der Waals surface area contributed by atoms with Gasteiger partial charge in [-0.2, -0.15) is 4.31 Å². The summed E-state index contributed by atoms with van der Waals surface area (Å²) >= 11 is 0. The van der Waals surface area contributed by atoms with Crippen molar-refractivity contribution in [2.24, 2.45) is 0 Å². The van der Waals surface area contributed by atoms with Crippen LogP contribution in [0.25, 0.3) is 10.9 Å². The number of rotatable bonds is 5. The SMILES string of the molecule is Cc1c(C2CCN(S(=O)(=O)c3ccc4c(c3)CCCC4)CC2)c2ccccc2n1Cc1cccc(F)c1. The lowest BCUT2D eigenvalue weighted by Crippen LogP contribution is -2.38. The fourth-order valence-electron chi connectivity index (χ4n) is 6.40. The van der Waals surface area contributed by atoms with Gasteiger partial charge in [0.05, 0.1) is 4.90 Å². The quantitative estimate of drug-likeness (QED) is 0.301. The van der Waals surface area contributed by atoms with E-state index in [0.29, 0.717) is 24.5 Å². The normalized spacial score (nSPS) is 17.2. The Kier molecular flexibility index (Phi) is 6.41. The van der Waals surface area contributed by atoms with Crippen LogP contribution in [0.1, 0.15) is 59.5 Å². The van der Waals surface area contributed by atoms with Crippen molar-refractivity contribution in [2.75, 3.05) is 13.1 Å². The van der Waals surface area contributed by atoms with E-state index in [1.54, 1.807) is 22.5 Å². The largest absolute Gasteiger partial charge is 0.340 e. The third-order valence-electron chi connectivity index (χ3n) is 8.33. The highest BCUT2D eigenvalue weighted by Crippen LogP contribution is 2.39. The van der Waals surface area contributed by atoms with E-state index in [1.165, 1.54) is 40.3 Å². The van der Waals surface area contributed by atoms with Crippen LogP contribution >= 0.6 is 0 Å². The summed E-state index contributed by atoms with van der Waals surface area (Å²) < 4.78 is 44.8. The molecule has 4 nitrogen and oxygen atoms in total. The van der Waals surface area contributed by atoms with Crippen molar-refractivity contribution in [3.63, 3.8) is 0 Å². The van der Waals surface area contributed by atoms with E-state index in [2.05, 4.69) is 29.7 Å². The average Bonchev–Trinajstić information content (AvgIpc) is 3.19. The fourth-order valence-corrected chi connectivity index (χ4v) is 7.92. The van der Waals surface area contributed by atoms with Gasteiger partial charge in [-0.15, -0.1) is 0 Å². The predicted molar refractivity (Wildman–Crippen MR) is 146 cm³/mol. The van der Waals surface area contributed by atoms with Crippen molar-refractivity contribution in [3.8, 4) is 0 Å². The number of hydrogen-bond acceptors (Lipinski definition) is 2. The Morgan fingerprint density at radius 3 is 2.43 bits per heavy atom. The topological polar surface area (TPSA) is 42.3 Å². The molecule has 192 valence electrons. The Morgan fingerprint density at radius 1 is 0.892 bits per heavy atom. The average molecular weight is 517 g/mol. The number of para-hydroxylation sites is 1. The zero-order valence-corrected chi connectivity index (χ0v) is 22.1. The van der Waals surface area contributed by atoms with E-state index in [9.17, 15) is 12.8 Å². The molecule has 0 saturated carbocycles. The van der Waals surface area contributed by atoms with Gasteiger partial charge in [0.15, 0.2) is 0 Å². The molecule has 1 aromatic heterocycles. The third-order valence-corrected chi connectivity index (χ3v) is 10.2. The fraction of sp³-hybridized carbons (Fsp3) is 0.355. The molecule has 1 aliphatic carbocycles. The molecule has 0 N–H and O–H groups in total. The van der Waals surface area contributed by atoms with Gasteiger partial charge in [-0.1, -0.05) is 36.4 Å². The summed E-state index contributed by atoms with van der Waals surface area (Å²) in [6.07, 6.45) is 5.92. The molecule has 37 heavy (non-hydrogen) atoms. The van der Waals surface area contributed by atoms with Crippen LogP contribution in [0, 0.1) is 12.7 Å². The summed E-state index contributed by atoms with van der Waals surface area (Å²) in [6, 6.07) is 20.9. The third kappa shape index (κ3) is 4.51. The lowest BCUT2D eigenvalue weighted by atomic mass is 9.88. The van der Waals surface area contributed by atoms with Gasteiger partial charge >= 0.3 is 0 Å². The number of nitrogens with zero attached hydrogens (tertiary/aromatic N) is 2. The van der Waals surface area contributed by atoms with Gasteiger partial charge in [0.1, 0.15) is 5.82 Å². The molecule has 0 spiro atoms. The number of hydrogen-bond donors (Lipinski definition) is 0. The number of benzene rings is 3. The van der Waals surface area contributed by atoms with Gasteiger partial charge in [0.25, 0.3) is 0 Å². The van der Waals surface area contributed by atoms with E-state index >= 15 is 0 Å². The Bertz CT molecular complexity index is 1570. The predicted octanol–water partition coefficient (Wildman–Crippen LogP) is 6.58. The van der Waals surface area contributed by atoms with Crippen LogP contribution in [0.3, 0.4) is 0 Å². The Hall–Kier alpha value is -2.96. The van der Waals surface area contributed by atoms with E-state index in [-0.39, 0.29) is 11.7 Å². The molecule has 1 saturated heterocycles. The van der Waals surface area contributed by atoms with Gasteiger partial charge in [-0.05, 0) is 104 Å². The summed E-state index contributed by atoms with van der Waals surface area (Å²) in [5, 5.41) is 1.22. The minimum atomic E-state index is -3.50. The van der Waals surface area contributed by atoms with Crippen molar-refractivity contribution in [2.45, 2.75) is 62.8 Å². The van der Waals surface area contributed by atoms with Crippen molar-refractivity contribution < 1.29 is 12.8 Å². The molecule has 0 radical (unpaired) electrons. The van der Waals surface area contributed by atoms with E-state index in [0.717, 1.165) is 43.2 Å². The lowest BCUT2D eigenvalue weighted by Gasteiger charge is -2.32. The molecule has 0 amide bonds. The zero-order chi connectivity index (χ0) is 25.6. The Labute approximate surface area is 218 Å². The molecule has 2 aliphatic rings. The molecule has 0 bridgehead atoms. The second-order valence-corrected chi connectivity index (χ2v) is 12.5. The number of piperidine rings is 1. The minimum absolute atomic E-state index is 0.223. The first-order valence-corrected chi connectivity index (χ1v) is 14.8. The molecule has 0 unspecified atom stereocenters. The molecule has 6 rings (SSSR count). The van der Waals surface area contributed by atoms with Crippen LogP contribution < -0.4 is 0 Å². The van der Waals surface area contributed by atoms with Crippen LogP contribution in [0.5, 0.6) is 0 Å². The number of fused-ring (bicyclic) bond motifs is 2. The van der Waals surface area contributed by atoms with Crippen LogP contribution in [0.15, 0.2) is 71.6 Å². The molecule has 1 fully saturated rings. The number of sulfonamides is 1. The molecule has 2 heterocycles. The van der Waals surface area contributed by atoms with Crippen LogP contribution in [-0.2, 0) is 29.4 Å². The summed E-state index contributed by atoms with van der Waals surface area (Å²) in [5.74, 6) is 0.0630. The van der Waals surface area contributed by atoms with E-state index in [4.69, 9.17) is 0 Å². The molecule has 1 aliphatic heterocycles. The maximum absolute atomic E-state index is 13.9. The van der Waals surface area contributed by atoms with Crippen LogP contribution in [0.4, 0.5) is 4.39 Å². The molecule has 4 aromatic rings. The van der Waals surface area contributed by atoms with Gasteiger partial charge in [-0.25, -0.2) is 12.8 Å². The highest BCUT2D eigenvalue weighted by atomic mass is 32.2. The summed E-state index contributed by atoms with van der Waals surface area (Å²) in [7, 11) is -3.50. The summed E-state index contributed by atoms with van der Waals surface area (Å²) in [4.78, 5) is 0.439. The molecule has 6 heteroatoms. The smallest absolute Gasteiger partial charge is 0.243 e. The second-order valence-electron chi connectivity index (χ2n) is 10.5. The van der Waals surface area contributed by atoms with E-state index in [1.807, 2.05) is 24.3 Å². The number of aromatic nitrogens is 1. The first-order chi connectivity index (χ1) is 17.9. The van der Waals surface area contributed by atoms with Crippen molar-refractivity contribution in [1.29, 1.82) is 0 Å². The van der Waals surface area contributed by atoms with Crippen molar-refractivity contribution in [1.82, 2.24) is 8.87 Å². The van der Waals surface area contributed by atoms with Crippen LogP contribution in [0.2, 0.25) is 0 Å². The Morgan fingerprint density at radius 2 is 1.65 bits per heavy atom. The van der Waals surface area contributed by atoms with Crippen molar-refractivity contribution >= 4 is 20.9 Å². The monoisotopic (exact) mass is 516 g/mol. The first kappa shape index (κ1) is 24.4. The highest BCUT2D eigenvalue weighted by molar-refractivity contribution is 7.89. The summed E-state index contributed by atoms with van der Waals surface area (Å²) in [6.45, 7) is 3.79. The van der Waals surface area contributed by atoms with E-state index < -0.39 is 10.0 Å². The maximum Gasteiger partial charge on any atom is 0.243 e. The minimum Gasteiger partial charge on any atom is -0.340 e. The standard InChI is InChI=1S/C31H33FN2O2S/c1-22-31(29-11-4-5-12-30(29)34(22)21-23-7-6-10-27(32)19-23)25-15-17-33(18-16-25)37(35,36)28-14-13-24-8-2-3-9-26(24)20-28/h4-7,10-14,19-20,25H,2-3,8-9,15-18,21H2,1H3. The number of aryl methyl sites for hydroxylation is 2. The van der Waals surface area contributed by atoms with Gasteiger partial charge in [-0.3, -0.25) is 0 Å². The molecular formula is C31H33FN2O2S. The maximum atomic E-state index is 13.9. The van der Waals surface area contributed by atoms with Gasteiger partial charge in [0, 0.05) is 36.2 Å². The highest BCUT2D eigenvalue weighted by Gasteiger charge is 2.32. The second kappa shape index (κ2) is 9.73. The summed E-state index contributed by atoms with van der Waals surface area (Å²) in [5.41, 5.74) is 7.06. The first-order valence-electron chi connectivity index (χ1n) is 13.4. The Balaban J connectivity index is 1.25. The molecular weight excluding hydrogens is 483 g/mol. The molecule has 3 aromatic carbocycles. The van der Waals surface area contributed by atoms with Crippen molar-refractivity contribution in [3.05, 3.63) is 100 Å². The van der Waals surface area contributed by atoms with Crippen LogP contribution in [-0.4, -0.2) is 30.4 Å². The molecule has 0 atom stereocenters. The van der Waals surface area contributed by atoms with Gasteiger partial charge in [0.2, 0.25) is 10.0 Å². The number of halogens is 1. The lowest BCUT2D eigenvalue weighted by molar-refractivity contribution is 0.319. The zero-order valence-electron chi connectivity index (χ0n) is 21.3.